The van der Waals surface area contributed by atoms with Crippen molar-refractivity contribution in [3.05, 3.63) is 11.6 Å². The molecule has 1 heterocycles. The second-order valence-electron chi connectivity index (χ2n) is 3.87. The van der Waals surface area contributed by atoms with Crippen molar-refractivity contribution in [1.82, 2.24) is 5.32 Å². The predicted octanol–water partition coefficient (Wildman–Crippen LogP) is 0.850. The third kappa shape index (κ3) is 3.18. The van der Waals surface area contributed by atoms with Crippen LogP contribution in [0.3, 0.4) is 0 Å². The highest BCUT2D eigenvalue weighted by molar-refractivity contribution is 6.16. The number of carbonyl (C=O) groups excluding carboxylic acids is 2. The zero-order valence-corrected chi connectivity index (χ0v) is 9.16. The van der Waals surface area contributed by atoms with E-state index in [1.165, 1.54) is 6.08 Å². The van der Waals surface area contributed by atoms with Gasteiger partial charge in [0.1, 0.15) is 0 Å². The van der Waals surface area contributed by atoms with Gasteiger partial charge in [0.05, 0.1) is 5.92 Å². The normalized spacial score (nSPS) is 16.9. The van der Waals surface area contributed by atoms with Gasteiger partial charge in [0, 0.05) is 11.6 Å². The fraction of sp³-hybridized carbons (Fsp3) is 0.545. The Labute approximate surface area is 93.5 Å². The number of aliphatic carboxylic acids is 1. The van der Waals surface area contributed by atoms with Crippen molar-refractivity contribution in [2.24, 2.45) is 5.92 Å². The quantitative estimate of drug-likeness (QED) is 0.656. The Morgan fingerprint density at radius 3 is 2.62 bits per heavy atom. The summed E-state index contributed by atoms with van der Waals surface area (Å²) in [6.07, 6.45) is 3.57. The first-order valence-electron chi connectivity index (χ1n) is 5.33. The Bertz CT molecular complexity index is 346. The summed E-state index contributed by atoms with van der Waals surface area (Å²) in [5, 5.41) is 11.1. The second kappa shape index (κ2) is 5.44. The third-order valence-electron chi connectivity index (χ3n) is 2.56. The largest absolute Gasteiger partial charge is 0.481 e. The Morgan fingerprint density at radius 2 is 2.19 bits per heavy atom. The summed E-state index contributed by atoms with van der Waals surface area (Å²) in [5.41, 5.74) is 0.272. The monoisotopic (exact) mass is 225 g/mol. The van der Waals surface area contributed by atoms with Crippen molar-refractivity contribution in [3.63, 3.8) is 0 Å². The van der Waals surface area contributed by atoms with Gasteiger partial charge in [0.25, 0.3) is 11.8 Å². The van der Waals surface area contributed by atoms with Crippen LogP contribution in [-0.4, -0.2) is 22.9 Å². The van der Waals surface area contributed by atoms with Gasteiger partial charge in [-0.3, -0.25) is 19.7 Å². The summed E-state index contributed by atoms with van der Waals surface area (Å²) in [6.45, 7) is 1.98. The average molecular weight is 225 g/mol. The van der Waals surface area contributed by atoms with E-state index >= 15 is 0 Å². The maximum atomic E-state index is 11.2. The number of carboxylic acids is 1. The van der Waals surface area contributed by atoms with Crippen LogP contribution in [0.5, 0.6) is 0 Å². The van der Waals surface area contributed by atoms with Gasteiger partial charge in [-0.1, -0.05) is 19.8 Å². The molecule has 5 heteroatoms. The number of carboxylic acid groups (broad SMARTS) is 1. The van der Waals surface area contributed by atoms with E-state index in [2.05, 4.69) is 5.32 Å². The van der Waals surface area contributed by atoms with Gasteiger partial charge in [-0.15, -0.1) is 0 Å². The second-order valence-corrected chi connectivity index (χ2v) is 3.87. The van der Waals surface area contributed by atoms with Crippen LogP contribution in [0.4, 0.5) is 0 Å². The predicted molar refractivity (Wildman–Crippen MR) is 56.5 cm³/mol. The van der Waals surface area contributed by atoms with Gasteiger partial charge in [0.2, 0.25) is 0 Å². The van der Waals surface area contributed by atoms with Crippen molar-refractivity contribution in [2.45, 2.75) is 32.6 Å². The van der Waals surface area contributed by atoms with Gasteiger partial charge in [-0.25, -0.2) is 0 Å². The van der Waals surface area contributed by atoms with Crippen LogP contribution in [0.25, 0.3) is 0 Å². The van der Waals surface area contributed by atoms with Crippen molar-refractivity contribution in [3.8, 4) is 0 Å². The molecule has 0 aliphatic carbocycles. The lowest BCUT2D eigenvalue weighted by atomic mass is 9.94. The molecule has 0 aromatic heterocycles. The molecule has 0 fully saturated rings. The molecule has 1 atom stereocenters. The van der Waals surface area contributed by atoms with Crippen LogP contribution in [0.2, 0.25) is 0 Å². The molecule has 0 aromatic carbocycles. The van der Waals surface area contributed by atoms with Crippen molar-refractivity contribution >= 4 is 17.8 Å². The summed E-state index contributed by atoms with van der Waals surface area (Å²) in [4.78, 5) is 33.0. The first kappa shape index (κ1) is 12.4. The maximum absolute atomic E-state index is 11.2. The molecule has 88 valence electrons. The number of nitrogens with one attached hydrogen (secondary N) is 1. The molecular formula is C11H15NO4. The maximum Gasteiger partial charge on any atom is 0.306 e. The highest BCUT2D eigenvalue weighted by Gasteiger charge is 2.26. The molecule has 0 bridgehead atoms. The molecule has 0 saturated carbocycles. The molecule has 1 rings (SSSR count). The number of hydrogen-bond donors (Lipinski definition) is 2. The lowest BCUT2D eigenvalue weighted by Crippen LogP contribution is -2.24. The first-order valence-corrected chi connectivity index (χ1v) is 5.33. The number of imide groups is 1. The molecule has 0 saturated heterocycles. The van der Waals surface area contributed by atoms with E-state index in [9.17, 15) is 14.4 Å². The number of amides is 2. The smallest absolute Gasteiger partial charge is 0.306 e. The fourth-order valence-corrected chi connectivity index (χ4v) is 1.63. The molecule has 1 unspecified atom stereocenters. The third-order valence-corrected chi connectivity index (χ3v) is 2.56. The van der Waals surface area contributed by atoms with Gasteiger partial charge in [-0.05, 0) is 12.8 Å². The number of hydrogen-bond acceptors (Lipinski definition) is 3. The molecular weight excluding hydrogens is 210 g/mol. The minimum absolute atomic E-state index is 0.132. The summed E-state index contributed by atoms with van der Waals surface area (Å²) in [6, 6.07) is 0. The average Bonchev–Trinajstić information content (AvgIpc) is 2.51. The Hall–Kier alpha value is -1.65. The summed E-state index contributed by atoms with van der Waals surface area (Å²) in [7, 11) is 0. The van der Waals surface area contributed by atoms with E-state index in [1.54, 1.807) is 0 Å². The van der Waals surface area contributed by atoms with Gasteiger partial charge in [0.15, 0.2) is 0 Å². The Morgan fingerprint density at radius 1 is 1.50 bits per heavy atom. The zero-order chi connectivity index (χ0) is 12.1. The zero-order valence-electron chi connectivity index (χ0n) is 9.16. The van der Waals surface area contributed by atoms with E-state index in [0.717, 1.165) is 12.8 Å². The molecule has 0 radical (unpaired) electrons. The van der Waals surface area contributed by atoms with Crippen LogP contribution in [0.1, 0.15) is 32.6 Å². The Balaban J connectivity index is 2.61. The number of rotatable bonds is 6. The van der Waals surface area contributed by atoms with E-state index in [4.69, 9.17) is 5.11 Å². The first-order chi connectivity index (χ1) is 7.54. The van der Waals surface area contributed by atoms with Crippen LogP contribution in [0, 0.1) is 5.92 Å². The molecule has 2 amide bonds. The van der Waals surface area contributed by atoms with Crippen LogP contribution in [-0.2, 0) is 14.4 Å². The molecule has 0 spiro atoms. The van der Waals surface area contributed by atoms with E-state index in [0.29, 0.717) is 6.42 Å². The van der Waals surface area contributed by atoms with Crippen LogP contribution >= 0.6 is 0 Å². The van der Waals surface area contributed by atoms with E-state index in [1.807, 2.05) is 6.92 Å². The lowest BCUT2D eigenvalue weighted by molar-refractivity contribution is -0.142. The topological polar surface area (TPSA) is 83.5 Å². The minimum atomic E-state index is -0.915. The highest BCUT2D eigenvalue weighted by atomic mass is 16.4. The van der Waals surface area contributed by atoms with Crippen LogP contribution in [0.15, 0.2) is 11.6 Å². The molecule has 1 aliphatic rings. The molecule has 5 nitrogen and oxygen atoms in total. The van der Waals surface area contributed by atoms with Crippen molar-refractivity contribution in [2.75, 3.05) is 0 Å². The van der Waals surface area contributed by atoms with Crippen molar-refractivity contribution < 1.29 is 19.5 Å². The van der Waals surface area contributed by atoms with Gasteiger partial charge < -0.3 is 5.11 Å². The molecule has 2 N–H and O–H groups in total. The highest BCUT2D eigenvalue weighted by Crippen LogP contribution is 2.20. The molecule has 16 heavy (non-hydrogen) atoms. The summed E-state index contributed by atoms with van der Waals surface area (Å²) < 4.78 is 0. The standard InChI is InChI=1S/C11H15NO4/c1-2-3-4-7(11(15)16)5-8-6-9(13)12-10(8)14/h6-7H,2-5H2,1H3,(H,15,16)(H,12,13,14). The molecule has 0 aromatic rings. The molecule has 1 aliphatic heterocycles. The van der Waals surface area contributed by atoms with Crippen LogP contribution < -0.4 is 5.32 Å². The van der Waals surface area contributed by atoms with Gasteiger partial charge >= 0.3 is 5.97 Å². The lowest BCUT2D eigenvalue weighted by Gasteiger charge is -2.10. The minimum Gasteiger partial charge on any atom is -0.481 e. The van der Waals surface area contributed by atoms with E-state index in [-0.39, 0.29) is 12.0 Å². The van der Waals surface area contributed by atoms with Crippen molar-refractivity contribution in [1.29, 1.82) is 0 Å². The van der Waals surface area contributed by atoms with E-state index < -0.39 is 23.7 Å². The number of unbranched alkanes of at least 4 members (excludes halogenated alkanes) is 1. The Kier molecular flexibility index (Phi) is 4.22. The number of carbonyl (C=O) groups is 3. The SMILES string of the molecule is CCCCC(CC1=CC(=O)NC1=O)C(=O)O. The van der Waals surface area contributed by atoms with Gasteiger partial charge in [-0.2, -0.15) is 0 Å². The summed E-state index contributed by atoms with van der Waals surface area (Å²) in [5.74, 6) is -2.42. The fourth-order valence-electron chi connectivity index (χ4n) is 1.63. The summed E-state index contributed by atoms with van der Waals surface area (Å²) >= 11 is 0.